The lowest BCUT2D eigenvalue weighted by Gasteiger charge is -2.40. The zero-order valence-electron chi connectivity index (χ0n) is 45.4. The summed E-state index contributed by atoms with van der Waals surface area (Å²) in [6.45, 7) is 3.62. The van der Waals surface area contributed by atoms with Gasteiger partial charge in [-0.05, 0) is 44.9 Å². The molecule has 0 spiro atoms. The molecule has 0 radical (unpaired) electrons. The highest BCUT2D eigenvalue weighted by atomic mass is 16.7. The van der Waals surface area contributed by atoms with E-state index >= 15 is 0 Å². The molecule has 1 heterocycles. The fraction of sp³-hybridized carbons (Fsp3) is 0.883. The average molecular weight is 993 g/mol. The van der Waals surface area contributed by atoms with Crippen LogP contribution in [0.25, 0.3) is 0 Å². The summed E-state index contributed by atoms with van der Waals surface area (Å²) in [6.07, 6.45) is 54.0. The van der Waals surface area contributed by atoms with E-state index in [1.165, 1.54) is 199 Å². The number of nitrogens with one attached hydrogen (secondary N) is 1. The van der Waals surface area contributed by atoms with Crippen molar-refractivity contribution in [1.82, 2.24) is 5.32 Å². The van der Waals surface area contributed by atoms with Crippen molar-refractivity contribution < 1.29 is 44.9 Å². The fourth-order valence-corrected chi connectivity index (χ4v) is 9.49. The summed E-state index contributed by atoms with van der Waals surface area (Å²) < 4.78 is 11.2. The topological polar surface area (TPSA) is 169 Å². The Labute approximate surface area is 430 Å². The number of aliphatic hydroxyl groups is 6. The van der Waals surface area contributed by atoms with Gasteiger partial charge in [0.2, 0.25) is 5.91 Å². The molecule has 1 aliphatic rings. The molecule has 1 rings (SSSR count). The van der Waals surface area contributed by atoms with Crippen molar-refractivity contribution in [3.8, 4) is 0 Å². The van der Waals surface area contributed by atoms with Gasteiger partial charge in [-0.2, -0.15) is 0 Å². The van der Waals surface area contributed by atoms with E-state index < -0.39 is 61.5 Å². The van der Waals surface area contributed by atoms with Gasteiger partial charge < -0.3 is 45.4 Å². The van der Waals surface area contributed by atoms with Crippen molar-refractivity contribution in [2.24, 2.45) is 0 Å². The van der Waals surface area contributed by atoms with Crippen molar-refractivity contribution in [2.75, 3.05) is 13.2 Å². The first-order valence-electron chi connectivity index (χ1n) is 29.8. The van der Waals surface area contributed by atoms with E-state index in [-0.39, 0.29) is 6.61 Å². The summed E-state index contributed by atoms with van der Waals surface area (Å²) in [5.41, 5.74) is 0. The number of ether oxygens (including phenoxy) is 2. The van der Waals surface area contributed by atoms with Crippen LogP contribution in [0.4, 0.5) is 0 Å². The number of unbranched alkanes of at least 4 members (excludes halogenated alkanes) is 36. The molecule has 0 saturated carbocycles. The highest BCUT2D eigenvalue weighted by Gasteiger charge is 2.44. The molecule has 0 aliphatic carbocycles. The number of hydrogen-bond acceptors (Lipinski definition) is 9. The molecule has 0 aromatic rings. The Bertz CT molecular complexity index is 1210. The Kier molecular flexibility index (Phi) is 47.0. The van der Waals surface area contributed by atoms with E-state index in [1.807, 2.05) is 6.08 Å². The van der Waals surface area contributed by atoms with Crippen LogP contribution in [0.3, 0.4) is 0 Å². The molecule has 0 aromatic heterocycles. The third-order valence-electron chi connectivity index (χ3n) is 14.3. The molecular formula is C60H113NO9. The molecule has 70 heavy (non-hydrogen) atoms. The summed E-state index contributed by atoms with van der Waals surface area (Å²) in [5, 5.41) is 65.0. The van der Waals surface area contributed by atoms with E-state index in [2.05, 4.69) is 43.5 Å². The Balaban J connectivity index is 2.23. The number of carbonyl (C=O) groups excluding carboxylic acids is 1. The third kappa shape index (κ3) is 38.0. The minimum Gasteiger partial charge on any atom is -0.394 e. The Morgan fingerprint density at radius 2 is 0.843 bits per heavy atom. The molecule has 1 saturated heterocycles. The van der Waals surface area contributed by atoms with Crippen molar-refractivity contribution in [3.05, 3.63) is 36.5 Å². The fourth-order valence-electron chi connectivity index (χ4n) is 9.49. The van der Waals surface area contributed by atoms with Crippen LogP contribution in [0.15, 0.2) is 36.5 Å². The van der Waals surface area contributed by atoms with Crippen molar-refractivity contribution in [1.29, 1.82) is 0 Å². The lowest BCUT2D eigenvalue weighted by molar-refractivity contribution is -0.302. The molecular weight excluding hydrogens is 879 g/mol. The van der Waals surface area contributed by atoms with Crippen LogP contribution in [0.5, 0.6) is 0 Å². The van der Waals surface area contributed by atoms with Gasteiger partial charge in [-0.1, -0.05) is 269 Å². The van der Waals surface area contributed by atoms with Gasteiger partial charge in [0.15, 0.2) is 6.29 Å². The summed E-state index contributed by atoms with van der Waals surface area (Å²) in [7, 11) is 0. The quantitative estimate of drug-likeness (QED) is 0.0232. The molecule has 8 atom stereocenters. The molecule has 0 aromatic carbocycles. The van der Waals surface area contributed by atoms with Crippen LogP contribution in [-0.2, 0) is 14.3 Å². The predicted molar refractivity (Wildman–Crippen MR) is 292 cm³/mol. The van der Waals surface area contributed by atoms with Gasteiger partial charge in [-0.3, -0.25) is 4.79 Å². The Morgan fingerprint density at radius 1 is 0.486 bits per heavy atom. The van der Waals surface area contributed by atoms with E-state index in [0.717, 1.165) is 44.9 Å². The number of carbonyl (C=O) groups is 1. The van der Waals surface area contributed by atoms with Gasteiger partial charge in [0.25, 0.3) is 0 Å². The van der Waals surface area contributed by atoms with Gasteiger partial charge in [-0.25, -0.2) is 0 Å². The van der Waals surface area contributed by atoms with E-state index in [9.17, 15) is 35.4 Å². The summed E-state index contributed by atoms with van der Waals surface area (Å²) in [4.78, 5) is 13.1. The van der Waals surface area contributed by atoms with E-state index in [1.54, 1.807) is 6.08 Å². The standard InChI is InChI=1S/C60H113NO9/c1-3-5-7-9-11-13-15-17-19-21-22-23-24-25-26-27-28-29-30-31-33-35-37-39-41-43-45-47-49-54(64)59(68)61-52(51-69-60-58(67)57(66)56(65)55(50-62)70-60)53(63)48-46-44-42-40-38-36-34-32-20-18-16-14-12-10-8-6-4-2/h20,32,38,40,46,48,52-58,60,62-67H,3-19,21-31,33-37,39,41-45,47,49-51H2,1-2H3,(H,61,68)/b32-20+,40-38+,48-46+. The summed E-state index contributed by atoms with van der Waals surface area (Å²) in [6, 6.07) is -1.00. The maximum Gasteiger partial charge on any atom is 0.249 e. The predicted octanol–water partition coefficient (Wildman–Crippen LogP) is 13.7. The van der Waals surface area contributed by atoms with Gasteiger partial charge >= 0.3 is 0 Å². The Hall–Kier alpha value is -1.63. The SMILES string of the molecule is CCCCCCCCC/C=C/CC/C=C/CC/C=C/C(O)C(COC1OC(CO)C(O)C(O)C1O)NC(=O)C(O)CCCCCCCCCCCCCCCCCCCCCCCCCCCCCC. The summed E-state index contributed by atoms with van der Waals surface area (Å²) in [5.74, 6) is -0.626. The van der Waals surface area contributed by atoms with Crippen molar-refractivity contribution >= 4 is 5.91 Å². The van der Waals surface area contributed by atoms with Gasteiger partial charge in [0.1, 0.15) is 30.5 Å². The molecule has 1 amide bonds. The van der Waals surface area contributed by atoms with Crippen LogP contribution in [-0.4, -0.2) is 98.7 Å². The first kappa shape index (κ1) is 66.4. The zero-order chi connectivity index (χ0) is 51.0. The van der Waals surface area contributed by atoms with Crippen LogP contribution in [0.1, 0.15) is 277 Å². The number of allylic oxidation sites excluding steroid dienone is 5. The van der Waals surface area contributed by atoms with Crippen molar-refractivity contribution in [2.45, 2.75) is 326 Å². The van der Waals surface area contributed by atoms with Gasteiger partial charge in [0.05, 0.1) is 25.4 Å². The molecule has 10 heteroatoms. The number of aliphatic hydroxyl groups excluding tert-OH is 6. The van der Waals surface area contributed by atoms with Crippen LogP contribution in [0, 0.1) is 0 Å². The zero-order valence-corrected chi connectivity index (χ0v) is 45.4. The number of amides is 1. The maximum atomic E-state index is 13.1. The molecule has 10 nitrogen and oxygen atoms in total. The lowest BCUT2D eigenvalue weighted by Crippen LogP contribution is -2.60. The molecule has 8 unspecified atom stereocenters. The molecule has 1 aliphatic heterocycles. The van der Waals surface area contributed by atoms with E-state index in [0.29, 0.717) is 19.3 Å². The van der Waals surface area contributed by atoms with Gasteiger partial charge in [-0.15, -0.1) is 0 Å². The third-order valence-corrected chi connectivity index (χ3v) is 14.3. The second-order valence-electron chi connectivity index (χ2n) is 20.9. The van der Waals surface area contributed by atoms with Gasteiger partial charge in [0, 0.05) is 0 Å². The second kappa shape index (κ2) is 49.6. The maximum absolute atomic E-state index is 13.1. The van der Waals surface area contributed by atoms with Crippen molar-refractivity contribution in [3.63, 3.8) is 0 Å². The minimum atomic E-state index is -1.62. The Morgan fingerprint density at radius 3 is 1.24 bits per heavy atom. The largest absolute Gasteiger partial charge is 0.394 e. The highest BCUT2D eigenvalue weighted by molar-refractivity contribution is 5.80. The van der Waals surface area contributed by atoms with Crippen LogP contribution >= 0.6 is 0 Å². The average Bonchev–Trinajstić information content (AvgIpc) is 3.36. The molecule has 0 bridgehead atoms. The molecule has 412 valence electrons. The molecule has 7 N–H and O–H groups in total. The molecule has 1 fully saturated rings. The smallest absolute Gasteiger partial charge is 0.249 e. The van der Waals surface area contributed by atoms with Crippen LogP contribution in [0.2, 0.25) is 0 Å². The highest BCUT2D eigenvalue weighted by Crippen LogP contribution is 2.23. The lowest BCUT2D eigenvalue weighted by atomic mass is 9.99. The second-order valence-corrected chi connectivity index (χ2v) is 20.9. The normalized spacial score (nSPS) is 20.0. The monoisotopic (exact) mass is 992 g/mol. The van der Waals surface area contributed by atoms with Crippen LogP contribution < -0.4 is 5.32 Å². The minimum absolute atomic E-state index is 0.304. The number of hydrogen-bond donors (Lipinski definition) is 7. The first-order valence-corrected chi connectivity index (χ1v) is 29.8. The first-order chi connectivity index (χ1) is 34.3. The number of rotatable bonds is 51. The van der Waals surface area contributed by atoms with E-state index in [4.69, 9.17) is 9.47 Å². The summed E-state index contributed by atoms with van der Waals surface area (Å²) >= 11 is 0.